The predicted molar refractivity (Wildman–Crippen MR) is 68.0 cm³/mol. The fraction of sp³-hybridized carbons (Fsp3) is 0.571. The standard InChI is InChI=1S/C14H19NO3/c1-10-7-11(8-15(10)5-6-16)12-3-2-4-13-14(12)18-9-17-13/h2-4,10-11,16H,5-9H2,1H3. The van der Waals surface area contributed by atoms with Crippen LogP contribution < -0.4 is 9.47 Å². The van der Waals surface area contributed by atoms with Gasteiger partial charge in [-0.25, -0.2) is 0 Å². The number of para-hydroxylation sites is 1. The normalized spacial score (nSPS) is 26.8. The fourth-order valence-corrected chi connectivity index (χ4v) is 3.04. The van der Waals surface area contributed by atoms with Gasteiger partial charge in [0.2, 0.25) is 6.79 Å². The first kappa shape index (κ1) is 11.8. The van der Waals surface area contributed by atoms with Crippen molar-refractivity contribution in [2.45, 2.75) is 25.3 Å². The minimum Gasteiger partial charge on any atom is -0.454 e. The van der Waals surface area contributed by atoms with Crippen LogP contribution in [0.25, 0.3) is 0 Å². The third kappa shape index (κ3) is 1.95. The average molecular weight is 249 g/mol. The average Bonchev–Trinajstić information content (AvgIpc) is 2.96. The molecular weight excluding hydrogens is 230 g/mol. The number of aliphatic hydroxyl groups is 1. The Labute approximate surface area is 107 Å². The highest BCUT2D eigenvalue weighted by Crippen LogP contribution is 2.43. The summed E-state index contributed by atoms with van der Waals surface area (Å²) < 4.78 is 11.0. The van der Waals surface area contributed by atoms with Crippen molar-refractivity contribution in [3.8, 4) is 11.5 Å². The molecule has 2 heterocycles. The van der Waals surface area contributed by atoms with Gasteiger partial charge in [-0.1, -0.05) is 12.1 Å². The maximum Gasteiger partial charge on any atom is 0.231 e. The Morgan fingerprint density at radius 3 is 3.11 bits per heavy atom. The molecule has 98 valence electrons. The van der Waals surface area contributed by atoms with Crippen molar-refractivity contribution in [1.29, 1.82) is 0 Å². The lowest BCUT2D eigenvalue weighted by atomic mass is 9.95. The van der Waals surface area contributed by atoms with Gasteiger partial charge in [-0.2, -0.15) is 0 Å². The second-order valence-corrected chi connectivity index (χ2v) is 5.08. The second kappa shape index (κ2) is 4.78. The van der Waals surface area contributed by atoms with Crippen molar-refractivity contribution in [3.63, 3.8) is 0 Å². The lowest BCUT2D eigenvalue weighted by Gasteiger charge is -2.19. The minimum atomic E-state index is 0.226. The third-order valence-electron chi connectivity index (χ3n) is 3.96. The topological polar surface area (TPSA) is 41.9 Å². The van der Waals surface area contributed by atoms with E-state index >= 15 is 0 Å². The molecule has 1 aromatic carbocycles. The lowest BCUT2D eigenvalue weighted by molar-refractivity contribution is 0.172. The van der Waals surface area contributed by atoms with Crippen LogP contribution in [-0.2, 0) is 0 Å². The highest BCUT2D eigenvalue weighted by atomic mass is 16.7. The van der Waals surface area contributed by atoms with E-state index in [-0.39, 0.29) is 6.61 Å². The Hall–Kier alpha value is -1.26. The van der Waals surface area contributed by atoms with Crippen molar-refractivity contribution in [2.24, 2.45) is 0 Å². The van der Waals surface area contributed by atoms with Gasteiger partial charge >= 0.3 is 0 Å². The number of hydrogen-bond acceptors (Lipinski definition) is 4. The Morgan fingerprint density at radius 2 is 2.28 bits per heavy atom. The molecule has 1 N–H and O–H groups in total. The molecule has 1 aromatic rings. The zero-order valence-electron chi connectivity index (χ0n) is 10.6. The molecule has 3 rings (SSSR count). The lowest BCUT2D eigenvalue weighted by Crippen LogP contribution is -2.29. The van der Waals surface area contributed by atoms with E-state index in [2.05, 4.69) is 17.9 Å². The van der Waals surface area contributed by atoms with Crippen LogP contribution in [0.2, 0.25) is 0 Å². The quantitative estimate of drug-likeness (QED) is 0.883. The molecule has 0 radical (unpaired) electrons. The summed E-state index contributed by atoms with van der Waals surface area (Å²) in [5, 5.41) is 9.07. The van der Waals surface area contributed by atoms with Crippen LogP contribution in [0.1, 0.15) is 24.8 Å². The van der Waals surface area contributed by atoms with Gasteiger partial charge in [0, 0.05) is 30.6 Å². The van der Waals surface area contributed by atoms with Crippen molar-refractivity contribution < 1.29 is 14.6 Å². The number of β-amino-alcohol motifs (C(OH)–C–C–N with tert-alkyl or cyclic N) is 1. The molecule has 4 nitrogen and oxygen atoms in total. The number of nitrogens with zero attached hydrogens (tertiary/aromatic N) is 1. The van der Waals surface area contributed by atoms with E-state index in [1.165, 1.54) is 5.56 Å². The molecule has 2 atom stereocenters. The number of fused-ring (bicyclic) bond motifs is 1. The van der Waals surface area contributed by atoms with Crippen LogP contribution in [0, 0.1) is 0 Å². The summed E-state index contributed by atoms with van der Waals surface area (Å²) in [7, 11) is 0. The van der Waals surface area contributed by atoms with Crippen LogP contribution in [0.3, 0.4) is 0 Å². The van der Waals surface area contributed by atoms with Gasteiger partial charge < -0.3 is 14.6 Å². The Bertz CT molecular complexity index is 435. The van der Waals surface area contributed by atoms with Crippen LogP contribution in [-0.4, -0.2) is 42.5 Å². The van der Waals surface area contributed by atoms with Crippen LogP contribution >= 0.6 is 0 Å². The summed E-state index contributed by atoms with van der Waals surface area (Å²) in [5.74, 6) is 2.25. The number of rotatable bonds is 3. The van der Waals surface area contributed by atoms with Gasteiger partial charge in [0.1, 0.15) is 0 Å². The summed E-state index contributed by atoms with van der Waals surface area (Å²) in [6.07, 6.45) is 1.11. The van der Waals surface area contributed by atoms with Gasteiger partial charge in [-0.3, -0.25) is 4.90 Å². The highest BCUT2D eigenvalue weighted by Gasteiger charge is 2.32. The molecule has 0 bridgehead atoms. The monoisotopic (exact) mass is 249 g/mol. The summed E-state index contributed by atoms with van der Waals surface area (Å²) in [6, 6.07) is 6.63. The van der Waals surface area contributed by atoms with Crippen LogP contribution in [0.5, 0.6) is 11.5 Å². The maximum absolute atomic E-state index is 9.07. The van der Waals surface area contributed by atoms with Crippen molar-refractivity contribution in [1.82, 2.24) is 4.90 Å². The van der Waals surface area contributed by atoms with Crippen LogP contribution in [0.15, 0.2) is 18.2 Å². The Kier molecular flexibility index (Phi) is 3.14. The van der Waals surface area contributed by atoms with E-state index in [0.717, 1.165) is 31.0 Å². The number of benzene rings is 1. The van der Waals surface area contributed by atoms with Crippen molar-refractivity contribution >= 4 is 0 Å². The van der Waals surface area contributed by atoms with E-state index in [1.807, 2.05) is 12.1 Å². The fourth-order valence-electron chi connectivity index (χ4n) is 3.04. The largest absolute Gasteiger partial charge is 0.454 e. The van der Waals surface area contributed by atoms with Crippen molar-refractivity contribution in [3.05, 3.63) is 23.8 Å². The van der Waals surface area contributed by atoms with Crippen LogP contribution in [0.4, 0.5) is 0 Å². The summed E-state index contributed by atoms with van der Waals surface area (Å²) >= 11 is 0. The zero-order chi connectivity index (χ0) is 12.5. The number of hydrogen-bond donors (Lipinski definition) is 1. The summed E-state index contributed by atoms with van der Waals surface area (Å²) in [4.78, 5) is 2.33. The molecule has 0 saturated carbocycles. The molecule has 0 aromatic heterocycles. The number of ether oxygens (including phenoxy) is 2. The molecule has 2 aliphatic heterocycles. The van der Waals surface area contributed by atoms with Gasteiger partial charge in [-0.15, -0.1) is 0 Å². The predicted octanol–water partition coefficient (Wildman–Crippen LogP) is 1.59. The van der Waals surface area contributed by atoms with Gasteiger partial charge in [-0.05, 0) is 19.4 Å². The Balaban J connectivity index is 1.82. The van der Waals surface area contributed by atoms with Crippen molar-refractivity contribution in [2.75, 3.05) is 26.5 Å². The molecule has 0 spiro atoms. The molecule has 0 aliphatic carbocycles. The molecule has 1 saturated heterocycles. The summed E-state index contributed by atoms with van der Waals surface area (Å²) in [5.41, 5.74) is 1.25. The van der Waals surface area contributed by atoms with E-state index in [4.69, 9.17) is 14.6 Å². The summed E-state index contributed by atoms with van der Waals surface area (Å²) in [6.45, 7) is 4.51. The first-order valence-electron chi connectivity index (χ1n) is 6.53. The van der Waals surface area contributed by atoms with E-state index < -0.39 is 0 Å². The van der Waals surface area contributed by atoms with Gasteiger partial charge in [0.25, 0.3) is 0 Å². The molecule has 2 unspecified atom stereocenters. The minimum absolute atomic E-state index is 0.226. The Morgan fingerprint density at radius 1 is 1.39 bits per heavy atom. The zero-order valence-corrected chi connectivity index (χ0v) is 10.6. The first-order chi connectivity index (χ1) is 8.79. The number of likely N-dealkylation sites (tertiary alicyclic amines) is 1. The van der Waals surface area contributed by atoms with E-state index in [1.54, 1.807) is 0 Å². The van der Waals surface area contributed by atoms with E-state index in [0.29, 0.717) is 18.8 Å². The smallest absolute Gasteiger partial charge is 0.231 e. The maximum atomic E-state index is 9.07. The first-order valence-corrected chi connectivity index (χ1v) is 6.53. The highest BCUT2D eigenvalue weighted by molar-refractivity contribution is 5.50. The van der Waals surface area contributed by atoms with Gasteiger partial charge in [0.15, 0.2) is 11.5 Å². The van der Waals surface area contributed by atoms with Gasteiger partial charge in [0.05, 0.1) is 6.61 Å². The second-order valence-electron chi connectivity index (χ2n) is 5.08. The molecule has 18 heavy (non-hydrogen) atoms. The molecule has 1 fully saturated rings. The molecule has 0 amide bonds. The number of aliphatic hydroxyl groups excluding tert-OH is 1. The molecular formula is C14H19NO3. The SMILES string of the molecule is CC1CC(c2cccc3c2OCO3)CN1CCO. The van der Waals surface area contributed by atoms with E-state index in [9.17, 15) is 0 Å². The molecule has 4 heteroatoms. The third-order valence-corrected chi connectivity index (χ3v) is 3.96. The molecule has 2 aliphatic rings.